The summed E-state index contributed by atoms with van der Waals surface area (Å²) in [4.78, 5) is 2.71. The number of hydrogen-bond donors (Lipinski definition) is 1. The minimum absolute atomic E-state index is 0.220. The monoisotopic (exact) mass is 274 g/mol. The highest BCUT2D eigenvalue weighted by Gasteiger charge is 2.38. The lowest BCUT2D eigenvalue weighted by molar-refractivity contribution is 0.152. The van der Waals surface area contributed by atoms with Gasteiger partial charge in [0.25, 0.3) is 0 Å². The van der Waals surface area contributed by atoms with Gasteiger partial charge in [0.05, 0.1) is 12.1 Å². The molecule has 4 rings (SSSR count). The molecule has 2 saturated heterocycles. The van der Waals surface area contributed by atoms with Gasteiger partial charge in [0.2, 0.25) is 0 Å². The van der Waals surface area contributed by atoms with Crippen molar-refractivity contribution in [1.29, 1.82) is 0 Å². The van der Waals surface area contributed by atoms with Gasteiger partial charge in [-0.25, -0.2) is 0 Å². The molecular formula is C17H26N2O. The van der Waals surface area contributed by atoms with Gasteiger partial charge in [-0.15, -0.1) is 0 Å². The van der Waals surface area contributed by atoms with Gasteiger partial charge >= 0.3 is 0 Å². The van der Waals surface area contributed by atoms with Crippen LogP contribution in [-0.4, -0.2) is 33.7 Å². The van der Waals surface area contributed by atoms with E-state index in [2.05, 4.69) is 22.5 Å². The third-order valence-electron chi connectivity index (χ3n) is 5.77. The molecule has 0 aromatic carbocycles. The first-order valence-corrected chi connectivity index (χ1v) is 8.38. The topological polar surface area (TPSA) is 28.4 Å². The van der Waals surface area contributed by atoms with Crippen LogP contribution >= 0.6 is 0 Å². The van der Waals surface area contributed by atoms with E-state index in [0.29, 0.717) is 6.04 Å². The smallest absolute Gasteiger partial charge is 0.0807 e. The van der Waals surface area contributed by atoms with Crippen LogP contribution in [0.25, 0.3) is 0 Å². The van der Waals surface area contributed by atoms with Crippen molar-refractivity contribution in [3.05, 3.63) is 23.0 Å². The van der Waals surface area contributed by atoms with E-state index < -0.39 is 0 Å². The Balaban J connectivity index is 1.72. The van der Waals surface area contributed by atoms with E-state index in [9.17, 15) is 5.11 Å². The van der Waals surface area contributed by atoms with Gasteiger partial charge in [-0.3, -0.25) is 4.90 Å². The van der Waals surface area contributed by atoms with E-state index in [1.54, 1.807) is 0 Å². The van der Waals surface area contributed by atoms with E-state index >= 15 is 0 Å². The number of aliphatic hydroxyl groups excluding tert-OH is 1. The van der Waals surface area contributed by atoms with Crippen molar-refractivity contribution in [3.63, 3.8) is 0 Å². The summed E-state index contributed by atoms with van der Waals surface area (Å²) in [6.07, 6.45) is 8.44. The highest BCUT2D eigenvalue weighted by atomic mass is 16.3. The molecule has 1 aromatic rings. The molecule has 1 aromatic heterocycles. The summed E-state index contributed by atoms with van der Waals surface area (Å²) in [6.45, 7) is 4.80. The van der Waals surface area contributed by atoms with Gasteiger partial charge in [-0.2, -0.15) is 0 Å². The molecule has 110 valence electrons. The molecule has 1 N–H and O–H groups in total. The first kappa shape index (κ1) is 12.9. The molecule has 0 bridgehead atoms. The Bertz CT molecular complexity index is 507. The second-order valence-corrected chi connectivity index (χ2v) is 6.92. The lowest BCUT2D eigenvalue weighted by Crippen LogP contribution is -2.38. The van der Waals surface area contributed by atoms with Crippen molar-refractivity contribution in [3.8, 4) is 0 Å². The summed E-state index contributed by atoms with van der Waals surface area (Å²) in [5, 5.41) is 10.3. The molecule has 0 radical (unpaired) electrons. The molecule has 3 heteroatoms. The fraction of sp³-hybridized carbons (Fsp3) is 0.765. The number of rotatable bonds is 1. The number of aliphatic hydroxyl groups is 1. The van der Waals surface area contributed by atoms with Crippen LogP contribution < -0.4 is 0 Å². The minimum atomic E-state index is -0.220. The molecule has 3 nitrogen and oxygen atoms in total. The number of nitrogens with zero attached hydrogens (tertiary/aromatic N) is 2. The maximum Gasteiger partial charge on any atom is 0.0807 e. The van der Waals surface area contributed by atoms with Crippen LogP contribution in [0.1, 0.15) is 67.6 Å². The Morgan fingerprint density at radius 2 is 1.95 bits per heavy atom. The molecule has 3 unspecified atom stereocenters. The van der Waals surface area contributed by atoms with Crippen LogP contribution in [0.15, 0.2) is 6.07 Å². The van der Waals surface area contributed by atoms with Crippen molar-refractivity contribution in [2.24, 2.45) is 0 Å². The average Bonchev–Trinajstić information content (AvgIpc) is 3.00. The van der Waals surface area contributed by atoms with E-state index in [4.69, 9.17) is 0 Å². The van der Waals surface area contributed by atoms with Gasteiger partial charge in [0.15, 0.2) is 0 Å². The number of aryl methyl sites for hydroxylation is 1. The summed E-state index contributed by atoms with van der Waals surface area (Å²) in [6, 6.07) is 3.66. The summed E-state index contributed by atoms with van der Waals surface area (Å²) in [5.41, 5.74) is 4.04. The van der Waals surface area contributed by atoms with Crippen molar-refractivity contribution in [1.82, 2.24) is 9.47 Å². The standard InChI is InChI=1S/C17H26N2O/c1-12-11-13-14(6-4-7-17(13)20)19(12)16-8-10-18-9-3-2-5-15(16)18/h11,15-17,20H,2-10H2,1H3. The highest BCUT2D eigenvalue weighted by Crippen LogP contribution is 2.40. The van der Waals surface area contributed by atoms with Gasteiger partial charge in [0, 0.05) is 29.5 Å². The molecule has 3 atom stereocenters. The normalized spacial score (nSPS) is 34.0. The average molecular weight is 274 g/mol. The fourth-order valence-corrected chi connectivity index (χ4v) is 4.89. The zero-order valence-corrected chi connectivity index (χ0v) is 12.5. The van der Waals surface area contributed by atoms with E-state index in [-0.39, 0.29) is 6.10 Å². The lowest BCUT2D eigenvalue weighted by Gasteiger charge is -2.34. The number of aromatic nitrogens is 1. The lowest BCUT2D eigenvalue weighted by atomic mass is 9.94. The van der Waals surface area contributed by atoms with E-state index in [1.165, 1.54) is 55.7 Å². The van der Waals surface area contributed by atoms with Crippen LogP contribution in [-0.2, 0) is 6.42 Å². The van der Waals surface area contributed by atoms with E-state index in [0.717, 1.165) is 25.3 Å². The molecule has 3 aliphatic rings. The Morgan fingerprint density at radius 1 is 1.05 bits per heavy atom. The van der Waals surface area contributed by atoms with Crippen LogP contribution in [0.3, 0.4) is 0 Å². The molecule has 20 heavy (non-hydrogen) atoms. The van der Waals surface area contributed by atoms with Crippen LogP contribution in [0.5, 0.6) is 0 Å². The van der Waals surface area contributed by atoms with Crippen molar-refractivity contribution in [2.75, 3.05) is 13.1 Å². The third-order valence-corrected chi connectivity index (χ3v) is 5.77. The Kier molecular flexibility index (Phi) is 3.15. The molecule has 2 aliphatic heterocycles. The zero-order valence-electron chi connectivity index (χ0n) is 12.5. The zero-order chi connectivity index (χ0) is 13.7. The Morgan fingerprint density at radius 3 is 2.85 bits per heavy atom. The second kappa shape index (κ2) is 4.88. The largest absolute Gasteiger partial charge is 0.388 e. The van der Waals surface area contributed by atoms with E-state index in [1.807, 2.05) is 0 Å². The van der Waals surface area contributed by atoms with Gasteiger partial charge in [-0.05, 0) is 58.1 Å². The first-order chi connectivity index (χ1) is 9.75. The van der Waals surface area contributed by atoms with Gasteiger partial charge in [-0.1, -0.05) is 6.42 Å². The SMILES string of the molecule is Cc1cc2c(n1C1CCN3CCCCC13)CCCC2O. The third kappa shape index (κ3) is 1.86. The van der Waals surface area contributed by atoms with Crippen LogP contribution in [0.2, 0.25) is 0 Å². The number of piperidine rings is 1. The predicted molar refractivity (Wildman–Crippen MR) is 79.9 cm³/mol. The Labute approximate surface area is 121 Å². The fourth-order valence-electron chi connectivity index (χ4n) is 4.89. The molecule has 1 aliphatic carbocycles. The maximum atomic E-state index is 10.3. The van der Waals surface area contributed by atoms with Crippen LogP contribution in [0.4, 0.5) is 0 Å². The van der Waals surface area contributed by atoms with Crippen molar-refractivity contribution < 1.29 is 5.11 Å². The van der Waals surface area contributed by atoms with Crippen molar-refractivity contribution >= 4 is 0 Å². The quantitative estimate of drug-likeness (QED) is 0.853. The minimum Gasteiger partial charge on any atom is -0.388 e. The molecule has 0 spiro atoms. The summed E-state index contributed by atoms with van der Waals surface area (Å²) in [7, 11) is 0. The first-order valence-electron chi connectivity index (χ1n) is 8.38. The Hall–Kier alpha value is -0.800. The summed E-state index contributed by atoms with van der Waals surface area (Å²) < 4.78 is 2.60. The molecule has 0 saturated carbocycles. The predicted octanol–water partition coefficient (Wildman–Crippen LogP) is 2.97. The summed E-state index contributed by atoms with van der Waals surface area (Å²) >= 11 is 0. The molecule has 0 amide bonds. The molecule has 3 heterocycles. The maximum absolute atomic E-state index is 10.3. The van der Waals surface area contributed by atoms with Gasteiger partial charge < -0.3 is 9.67 Å². The second-order valence-electron chi connectivity index (χ2n) is 6.92. The number of fused-ring (bicyclic) bond motifs is 2. The van der Waals surface area contributed by atoms with Gasteiger partial charge in [0.1, 0.15) is 0 Å². The number of hydrogen-bond acceptors (Lipinski definition) is 2. The van der Waals surface area contributed by atoms with Crippen LogP contribution in [0, 0.1) is 6.92 Å². The molecule has 2 fully saturated rings. The summed E-state index contributed by atoms with van der Waals surface area (Å²) in [5.74, 6) is 0. The van der Waals surface area contributed by atoms with Crippen molar-refractivity contribution in [2.45, 2.75) is 70.1 Å². The molecular weight excluding hydrogens is 248 g/mol. The highest BCUT2D eigenvalue weighted by molar-refractivity contribution is 5.33.